The van der Waals surface area contributed by atoms with Crippen molar-refractivity contribution in [2.75, 3.05) is 19.7 Å². The van der Waals surface area contributed by atoms with Gasteiger partial charge in [-0.3, -0.25) is 9.59 Å². The molecule has 2 fully saturated rings. The molecule has 1 N–H and O–H groups in total. The molecule has 1 aliphatic carbocycles. The van der Waals surface area contributed by atoms with Crippen LogP contribution in [0.4, 0.5) is 8.78 Å². The van der Waals surface area contributed by atoms with Crippen LogP contribution in [0, 0.1) is 5.92 Å². The van der Waals surface area contributed by atoms with Gasteiger partial charge in [-0.2, -0.15) is 0 Å². The van der Waals surface area contributed by atoms with E-state index in [1.807, 2.05) is 0 Å². The molecule has 114 valence electrons. The summed E-state index contributed by atoms with van der Waals surface area (Å²) in [5.41, 5.74) is 0. The summed E-state index contributed by atoms with van der Waals surface area (Å²) in [4.78, 5) is 24.5. The first-order valence-corrected chi connectivity index (χ1v) is 6.87. The third kappa shape index (κ3) is 3.88. The smallest absolute Gasteiger partial charge is 0.306 e. The second kappa shape index (κ2) is 6.03. The fraction of sp³-hybridized carbons (Fsp3) is 0.846. The molecular weight excluding hydrogens is 272 g/mol. The molecule has 2 aliphatic rings. The molecule has 0 radical (unpaired) electrons. The zero-order chi connectivity index (χ0) is 14.8. The highest BCUT2D eigenvalue weighted by molar-refractivity contribution is 5.79. The van der Waals surface area contributed by atoms with Gasteiger partial charge in [-0.15, -0.1) is 0 Å². The number of halogens is 2. The maximum atomic E-state index is 13.1. The summed E-state index contributed by atoms with van der Waals surface area (Å²) in [5.74, 6) is -4.12. The van der Waals surface area contributed by atoms with E-state index >= 15 is 0 Å². The Kier molecular flexibility index (Phi) is 4.57. The highest BCUT2D eigenvalue weighted by atomic mass is 19.3. The summed E-state index contributed by atoms with van der Waals surface area (Å²) >= 11 is 0. The van der Waals surface area contributed by atoms with E-state index in [-0.39, 0.29) is 50.5 Å². The van der Waals surface area contributed by atoms with Gasteiger partial charge < -0.3 is 14.7 Å². The van der Waals surface area contributed by atoms with E-state index in [9.17, 15) is 18.4 Å². The molecule has 7 heteroatoms. The van der Waals surface area contributed by atoms with Gasteiger partial charge in [-0.05, 0) is 12.8 Å². The molecule has 1 amide bonds. The Morgan fingerprint density at radius 1 is 1.30 bits per heavy atom. The van der Waals surface area contributed by atoms with Crippen LogP contribution >= 0.6 is 0 Å². The summed E-state index contributed by atoms with van der Waals surface area (Å²) < 4.78 is 31.5. The van der Waals surface area contributed by atoms with Crippen molar-refractivity contribution in [2.24, 2.45) is 5.92 Å². The number of nitrogens with zero attached hydrogens (tertiary/aromatic N) is 1. The van der Waals surface area contributed by atoms with E-state index in [0.29, 0.717) is 13.2 Å². The van der Waals surface area contributed by atoms with Crippen molar-refractivity contribution < 1.29 is 28.2 Å². The van der Waals surface area contributed by atoms with Crippen LogP contribution in [-0.2, 0) is 14.3 Å². The van der Waals surface area contributed by atoms with E-state index in [0.717, 1.165) is 0 Å². The van der Waals surface area contributed by atoms with Crippen LogP contribution in [0.3, 0.4) is 0 Å². The van der Waals surface area contributed by atoms with Gasteiger partial charge in [0.2, 0.25) is 11.8 Å². The number of carboxylic acid groups (broad SMARTS) is 1. The van der Waals surface area contributed by atoms with Crippen molar-refractivity contribution >= 4 is 11.9 Å². The average molecular weight is 291 g/mol. The molecule has 0 bridgehead atoms. The number of hydrogen-bond acceptors (Lipinski definition) is 3. The van der Waals surface area contributed by atoms with Crippen LogP contribution in [0.25, 0.3) is 0 Å². The number of amides is 1. The lowest BCUT2D eigenvalue weighted by molar-refractivity contribution is -0.152. The molecule has 0 aromatic heterocycles. The number of carbonyl (C=O) groups excluding carboxylic acids is 1. The fourth-order valence-corrected chi connectivity index (χ4v) is 2.78. The maximum Gasteiger partial charge on any atom is 0.306 e. The van der Waals surface area contributed by atoms with Crippen molar-refractivity contribution in [3.8, 4) is 0 Å². The molecule has 1 aliphatic heterocycles. The van der Waals surface area contributed by atoms with Crippen molar-refractivity contribution in [3.05, 3.63) is 0 Å². The highest BCUT2D eigenvalue weighted by Crippen LogP contribution is 2.37. The van der Waals surface area contributed by atoms with Gasteiger partial charge in [-0.25, -0.2) is 8.78 Å². The van der Waals surface area contributed by atoms with E-state index in [1.165, 1.54) is 0 Å². The summed E-state index contributed by atoms with van der Waals surface area (Å²) in [6, 6.07) is 0. The number of rotatable bonds is 3. The van der Waals surface area contributed by atoms with Crippen molar-refractivity contribution in [1.29, 1.82) is 0 Å². The normalized spacial score (nSPS) is 27.3. The second-order valence-corrected chi connectivity index (χ2v) is 5.51. The number of carbonyl (C=O) groups is 2. The molecule has 1 saturated carbocycles. The van der Waals surface area contributed by atoms with Gasteiger partial charge in [0.1, 0.15) is 0 Å². The van der Waals surface area contributed by atoms with Gasteiger partial charge in [0.25, 0.3) is 0 Å². The number of hydrogen-bond donors (Lipinski definition) is 1. The summed E-state index contributed by atoms with van der Waals surface area (Å²) in [7, 11) is 0. The average Bonchev–Trinajstić information content (AvgIpc) is 2.37. The predicted octanol–water partition coefficient (Wildman–Crippen LogP) is 1.51. The third-order valence-electron chi connectivity index (χ3n) is 3.92. The maximum absolute atomic E-state index is 13.1. The highest BCUT2D eigenvalue weighted by Gasteiger charge is 2.39. The molecule has 1 saturated heterocycles. The molecule has 1 heterocycles. The van der Waals surface area contributed by atoms with Crippen molar-refractivity contribution in [1.82, 2.24) is 4.90 Å². The standard InChI is InChI=1S/C13H19F2NO4/c14-13(15)3-1-9(2-4-13)12(19)16-5-6-20-10(8-16)7-11(17)18/h9-10H,1-8H2,(H,17,18). The molecule has 1 unspecified atom stereocenters. The van der Waals surface area contributed by atoms with Gasteiger partial charge in [-0.1, -0.05) is 0 Å². The quantitative estimate of drug-likeness (QED) is 0.856. The molecule has 0 aromatic rings. The zero-order valence-corrected chi connectivity index (χ0v) is 11.2. The fourth-order valence-electron chi connectivity index (χ4n) is 2.78. The predicted molar refractivity (Wildman–Crippen MR) is 65.5 cm³/mol. The Balaban J connectivity index is 1.87. The second-order valence-electron chi connectivity index (χ2n) is 5.51. The van der Waals surface area contributed by atoms with Gasteiger partial charge in [0, 0.05) is 31.8 Å². The number of alkyl halides is 2. The van der Waals surface area contributed by atoms with Crippen LogP contribution in [0.1, 0.15) is 32.1 Å². The summed E-state index contributed by atoms with van der Waals surface area (Å²) in [6.45, 7) is 0.937. The Bertz CT molecular complexity index is 379. The van der Waals surface area contributed by atoms with Gasteiger partial charge in [0.15, 0.2) is 0 Å². The minimum Gasteiger partial charge on any atom is -0.481 e. The van der Waals surface area contributed by atoms with E-state index in [4.69, 9.17) is 9.84 Å². The van der Waals surface area contributed by atoms with Gasteiger partial charge >= 0.3 is 5.97 Å². The van der Waals surface area contributed by atoms with Crippen LogP contribution < -0.4 is 0 Å². The first-order valence-electron chi connectivity index (χ1n) is 6.87. The van der Waals surface area contributed by atoms with Crippen molar-refractivity contribution in [3.63, 3.8) is 0 Å². The Labute approximate surface area is 115 Å². The lowest BCUT2D eigenvalue weighted by Crippen LogP contribution is -2.49. The minimum absolute atomic E-state index is 0.140. The molecule has 1 atom stereocenters. The summed E-state index contributed by atoms with van der Waals surface area (Å²) in [6.07, 6.45) is -0.736. The third-order valence-corrected chi connectivity index (χ3v) is 3.92. The molecular formula is C13H19F2NO4. The van der Waals surface area contributed by atoms with E-state index in [1.54, 1.807) is 4.90 Å². The van der Waals surface area contributed by atoms with E-state index < -0.39 is 18.0 Å². The van der Waals surface area contributed by atoms with Crippen LogP contribution in [0.2, 0.25) is 0 Å². The number of morpholine rings is 1. The molecule has 5 nitrogen and oxygen atoms in total. The molecule has 0 aromatic carbocycles. The number of ether oxygens (including phenoxy) is 1. The van der Waals surface area contributed by atoms with Crippen LogP contribution in [-0.4, -0.2) is 53.6 Å². The van der Waals surface area contributed by atoms with Crippen molar-refractivity contribution in [2.45, 2.75) is 44.1 Å². The van der Waals surface area contributed by atoms with Crippen LogP contribution in [0.15, 0.2) is 0 Å². The Morgan fingerprint density at radius 2 is 1.95 bits per heavy atom. The first kappa shape index (κ1) is 15.2. The number of aliphatic carboxylic acids is 1. The van der Waals surface area contributed by atoms with Gasteiger partial charge in [0.05, 0.1) is 19.1 Å². The number of carboxylic acids is 1. The zero-order valence-electron chi connectivity index (χ0n) is 11.2. The SMILES string of the molecule is O=C(O)CC1CN(C(=O)C2CCC(F)(F)CC2)CCO1. The minimum atomic E-state index is -2.65. The lowest BCUT2D eigenvalue weighted by atomic mass is 9.85. The lowest BCUT2D eigenvalue weighted by Gasteiger charge is -2.36. The summed E-state index contributed by atoms with van der Waals surface area (Å²) in [5, 5.41) is 8.73. The molecule has 2 rings (SSSR count). The molecule has 20 heavy (non-hydrogen) atoms. The Hall–Kier alpha value is -1.24. The topological polar surface area (TPSA) is 66.8 Å². The largest absolute Gasteiger partial charge is 0.481 e. The monoisotopic (exact) mass is 291 g/mol. The first-order chi connectivity index (χ1) is 9.37. The Morgan fingerprint density at radius 3 is 2.55 bits per heavy atom. The van der Waals surface area contributed by atoms with E-state index in [2.05, 4.69) is 0 Å². The van der Waals surface area contributed by atoms with Crippen LogP contribution in [0.5, 0.6) is 0 Å². The molecule has 0 spiro atoms.